The molecule has 1 saturated heterocycles. The smallest absolute Gasteiger partial charge is 0.293 e. The summed E-state index contributed by atoms with van der Waals surface area (Å²) in [6, 6.07) is 14.4. The van der Waals surface area contributed by atoms with Crippen molar-refractivity contribution < 1.29 is 23.6 Å². The van der Waals surface area contributed by atoms with Crippen molar-refractivity contribution in [1.82, 2.24) is 15.5 Å². The number of carbonyl (C=O) groups is 4. The van der Waals surface area contributed by atoms with Crippen LogP contribution >= 0.6 is 11.8 Å². The molecule has 154 valence electrons. The quantitative estimate of drug-likeness (QED) is 0.662. The minimum Gasteiger partial charge on any atom is -0.353 e. The third-order valence-corrected chi connectivity index (χ3v) is 5.08. The van der Waals surface area contributed by atoms with E-state index in [1.165, 1.54) is 24.3 Å². The second-order valence-electron chi connectivity index (χ2n) is 6.25. The topological polar surface area (TPSA) is 95.6 Å². The van der Waals surface area contributed by atoms with Gasteiger partial charge in [-0.25, -0.2) is 4.39 Å². The summed E-state index contributed by atoms with van der Waals surface area (Å²) >= 11 is 0.718. The Bertz CT molecular complexity index is 1010. The van der Waals surface area contributed by atoms with Crippen molar-refractivity contribution in [3.63, 3.8) is 0 Å². The van der Waals surface area contributed by atoms with Crippen LogP contribution in [-0.4, -0.2) is 47.5 Å². The van der Waals surface area contributed by atoms with E-state index in [1.807, 2.05) is 0 Å². The zero-order chi connectivity index (χ0) is 21.5. The first-order chi connectivity index (χ1) is 14.5. The molecule has 1 aliphatic rings. The van der Waals surface area contributed by atoms with E-state index in [4.69, 9.17) is 0 Å². The van der Waals surface area contributed by atoms with Gasteiger partial charge in [0.2, 0.25) is 5.91 Å². The first kappa shape index (κ1) is 21.3. The van der Waals surface area contributed by atoms with E-state index >= 15 is 0 Å². The molecule has 0 unspecified atom stereocenters. The van der Waals surface area contributed by atoms with Crippen LogP contribution in [-0.2, 0) is 9.59 Å². The first-order valence-electron chi connectivity index (χ1n) is 9.05. The number of imide groups is 1. The molecule has 0 saturated carbocycles. The highest BCUT2D eigenvalue weighted by Gasteiger charge is 2.34. The number of rotatable bonds is 7. The number of nitrogens with one attached hydrogen (secondary N) is 2. The lowest BCUT2D eigenvalue weighted by Gasteiger charge is -2.13. The van der Waals surface area contributed by atoms with Gasteiger partial charge in [-0.15, -0.1) is 0 Å². The average molecular weight is 427 g/mol. The normalized spacial score (nSPS) is 14.8. The highest BCUT2D eigenvalue weighted by molar-refractivity contribution is 8.18. The number of thioether (sulfide) groups is 1. The number of nitrogens with zero attached hydrogens (tertiary/aromatic N) is 1. The van der Waals surface area contributed by atoms with Crippen molar-refractivity contribution in [1.29, 1.82) is 0 Å². The van der Waals surface area contributed by atoms with Gasteiger partial charge in [0.25, 0.3) is 17.1 Å². The van der Waals surface area contributed by atoms with E-state index in [-0.39, 0.29) is 36.0 Å². The Hall–Kier alpha value is -3.46. The van der Waals surface area contributed by atoms with Crippen LogP contribution in [0.2, 0.25) is 0 Å². The standard InChI is InChI=1S/C21H18FN3O4S/c22-16-9-5-4-8-15(16)12-17-20(28)25(21(29)30-17)11-10-23-18(26)13-24-19(27)14-6-2-1-3-7-14/h1-9,12H,10-11,13H2,(H,23,26)(H,24,27)/b17-12-. The van der Waals surface area contributed by atoms with Gasteiger partial charge >= 0.3 is 0 Å². The predicted molar refractivity (Wildman–Crippen MR) is 111 cm³/mol. The van der Waals surface area contributed by atoms with Crippen molar-refractivity contribution in [3.8, 4) is 0 Å². The SMILES string of the molecule is O=C(CNC(=O)c1ccccc1)NCCN1C(=O)S/C(=C\c2ccccc2F)C1=O. The summed E-state index contributed by atoms with van der Waals surface area (Å²) in [6.45, 7) is -0.231. The van der Waals surface area contributed by atoms with Crippen LogP contribution in [0.25, 0.3) is 6.08 Å². The second kappa shape index (κ2) is 9.84. The summed E-state index contributed by atoms with van der Waals surface area (Å²) in [4.78, 5) is 49.4. The van der Waals surface area contributed by atoms with E-state index in [1.54, 1.807) is 36.4 Å². The van der Waals surface area contributed by atoms with E-state index < -0.39 is 22.9 Å². The number of carbonyl (C=O) groups excluding carboxylic acids is 4. The molecule has 0 atom stereocenters. The summed E-state index contributed by atoms with van der Waals surface area (Å²) in [7, 11) is 0. The molecule has 7 nitrogen and oxygen atoms in total. The molecular formula is C21H18FN3O4S. The Morgan fingerprint density at radius 2 is 1.70 bits per heavy atom. The summed E-state index contributed by atoms with van der Waals surface area (Å²) in [6.07, 6.45) is 1.33. The van der Waals surface area contributed by atoms with Crippen LogP contribution in [0.15, 0.2) is 59.5 Å². The minimum absolute atomic E-state index is 0.0301. The van der Waals surface area contributed by atoms with Gasteiger partial charge in [0.15, 0.2) is 0 Å². The van der Waals surface area contributed by atoms with Crippen molar-refractivity contribution in [2.24, 2.45) is 0 Å². The van der Waals surface area contributed by atoms with Crippen LogP contribution in [0.1, 0.15) is 15.9 Å². The summed E-state index contributed by atoms with van der Waals surface area (Å²) in [5.74, 6) is -1.86. The van der Waals surface area contributed by atoms with Gasteiger partial charge in [0.1, 0.15) is 5.82 Å². The van der Waals surface area contributed by atoms with Crippen LogP contribution < -0.4 is 10.6 Å². The van der Waals surface area contributed by atoms with E-state index in [0.29, 0.717) is 5.56 Å². The molecular weight excluding hydrogens is 409 g/mol. The molecule has 0 spiro atoms. The summed E-state index contributed by atoms with van der Waals surface area (Å²) < 4.78 is 13.8. The second-order valence-corrected chi connectivity index (χ2v) is 7.25. The number of benzene rings is 2. The molecule has 3 rings (SSSR count). The maximum absolute atomic E-state index is 13.8. The molecule has 0 aromatic heterocycles. The van der Waals surface area contributed by atoms with Crippen LogP contribution in [0, 0.1) is 5.82 Å². The molecule has 1 fully saturated rings. The van der Waals surface area contributed by atoms with E-state index in [9.17, 15) is 23.6 Å². The van der Waals surface area contributed by atoms with Crippen molar-refractivity contribution in [2.75, 3.05) is 19.6 Å². The largest absolute Gasteiger partial charge is 0.353 e. The molecule has 2 aromatic rings. The predicted octanol–water partition coefficient (Wildman–Crippen LogP) is 2.41. The van der Waals surface area contributed by atoms with Crippen LogP contribution in [0.5, 0.6) is 0 Å². The van der Waals surface area contributed by atoms with Crippen molar-refractivity contribution >= 4 is 40.8 Å². The molecule has 1 aliphatic heterocycles. The van der Waals surface area contributed by atoms with Gasteiger partial charge in [-0.05, 0) is 36.0 Å². The lowest BCUT2D eigenvalue weighted by atomic mass is 10.2. The lowest BCUT2D eigenvalue weighted by Crippen LogP contribution is -2.41. The molecule has 0 aliphatic carbocycles. The van der Waals surface area contributed by atoms with Gasteiger partial charge < -0.3 is 10.6 Å². The number of hydrogen-bond acceptors (Lipinski definition) is 5. The molecule has 1 heterocycles. The third-order valence-electron chi connectivity index (χ3n) is 4.17. The number of halogens is 1. The van der Waals surface area contributed by atoms with E-state index in [0.717, 1.165) is 16.7 Å². The highest BCUT2D eigenvalue weighted by Crippen LogP contribution is 2.32. The molecule has 2 aromatic carbocycles. The first-order valence-corrected chi connectivity index (χ1v) is 9.87. The minimum atomic E-state index is -0.542. The zero-order valence-electron chi connectivity index (χ0n) is 15.8. The fourth-order valence-corrected chi connectivity index (χ4v) is 3.50. The maximum Gasteiger partial charge on any atom is 0.293 e. The van der Waals surface area contributed by atoms with Crippen LogP contribution in [0.3, 0.4) is 0 Å². The Balaban J connectivity index is 1.47. The maximum atomic E-state index is 13.8. The van der Waals surface area contributed by atoms with Crippen molar-refractivity contribution in [3.05, 3.63) is 76.4 Å². The summed E-state index contributed by atoms with van der Waals surface area (Å²) in [5, 5.41) is 4.54. The lowest BCUT2D eigenvalue weighted by molar-refractivity contribution is -0.124. The highest BCUT2D eigenvalue weighted by atomic mass is 32.2. The Morgan fingerprint density at radius 3 is 2.43 bits per heavy atom. The van der Waals surface area contributed by atoms with Gasteiger partial charge in [-0.1, -0.05) is 36.4 Å². The van der Waals surface area contributed by atoms with E-state index in [2.05, 4.69) is 10.6 Å². The van der Waals surface area contributed by atoms with Crippen LogP contribution in [0.4, 0.5) is 9.18 Å². The van der Waals surface area contributed by atoms with Gasteiger partial charge in [-0.3, -0.25) is 24.1 Å². The Kier molecular flexibility index (Phi) is 6.97. The molecule has 4 amide bonds. The molecule has 2 N–H and O–H groups in total. The number of amides is 4. The monoisotopic (exact) mass is 427 g/mol. The van der Waals surface area contributed by atoms with Gasteiger partial charge in [0.05, 0.1) is 11.4 Å². The molecule has 9 heteroatoms. The van der Waals surface area contributed by atoms with Crippen molar-refractivity contribution in [2.45, 2.75) is 0 Å². The fourth-order valence-electron chi connectivity index (χ4n) is 2.65. The summed E-state index contributed by atoms with van der Waals surface area (Å²) in [5.41, 5.74) is 0.648. The number of hydrogen-bond donors (Lipinski definition) is 2. The molecule has 0 radical (unpaired) electrons. The Morgan fingerprint density at radius 1 is 1.00 bits per heavy atom. The molecule has 30 heavy (non-hydrogen) atoms. The Labute approximate surface area is 176 Å². The van der Waals surface area contributed by atoms with Gasteiger partial charge in [0, 0.05) is 24.2 Å². The molecule has 0 bridgehead atoms. The zero-order valence-corrected chi connectivity index (χ0v) is 16.6. The third kappa shape index (κ3) is 5.32. The average Bonchev–Trinajstić information content (AvgIpc) is 3.01. The fraction of sp³-hybridized carbons (Fsp3) is 0.143. The van der Waals surface area contributed by atoms with Gasteiger partial charge in [-0.2, -0.15) is 0 Å².